The number of amides is 17. The molecule has 1 rings (SSSR count). The van der Waals surface area contributed by atoms with Crippen LogP contribution in [0.5, 0.6) is 5.75 Å². The minimum Gasteiger partial charge on any atom is -0.508 e. The summed E-state index contributed by atoms with van der Waals surface area (Å²) in [6, 6.07) is -13.4. The Bertz CT molecular complexity index is 3390. The van der Waals surface area contributed by atoms with Gasteiger partial charge in [0.25, 0.3) is 0 Å². The van der Waals surface area contributed by atoms with Crippen LogP contribution < -0.4 is 125 Å². The third-order valence-corrected chi connectivity index (χ3v) is 19.1. The number of hydrogen-bond acceptors (Lipinski definition) is 26. The summed E-state index contributed by atoms with van der Waals surface area (Å²) < 4.78 is 0. The normalized spacial score (nSPS) is 14.9. The number of benzene rings is 1. The number of hydrogen-bond donors (Lipinski definition) is 26. The van der Waals surface area contributed by atoms with Crippen molar-refractivity contribution < 1.29 is 86.6 Å². The standard InChI is InChI=1S/C75H133N23O18S2/c1-42(61(102)92-51(20-8-14-32-76)70(111)85-43(2)63(104)94-53(22-10-16-34-78)72(113)87-45(4)65(106)96-55(24-12-18-36-80)74(115)89-47(6)67(108)98-57(30-31-59(82)100)68(109)83-38-39-117)84-69(110)52(21-9-15-33-77)93-62(103)44(3)86-71(112)54(23-11-17-35-79)95-64(105)46(5)88-73(114)56(25-13-19-37-81)97-66(107)48(7)90-75(116)58(91-60(101)41-118)40-49-26-28-50(99)29-27-49/h26-29,42-48,51-58,99,117-118H,8-25,30-41,76-81H2,1-7H3,(H2,82,100)(H,83,109)(H,84,110)(H,85,111)(H,86,112)(H,87,113)(H,88,114)(H,89,115)(H,90,116)(H,91,101)(H,92,102)(H,93,103)(H,94,104)(H,95,105)(H,96,106)(H,97,107)(H,98,108)/t42-,43-,44-,45-,46-,47-,48-,51+,52+,53+,54+,55+,56+,57+,58+/m1/s1. The lowest BCUT2D eigenvalue weighted by Crippen LogP contribution is -2.60. The second-order valence-corrected chi connectivity index (χ2v) is 29.7. The van der Waals surface area contributed by atoms with E-state index in [0.29, 0.717) is 82.6 Å². The number of aromatic hydroxyl groups is 1. The number of primary amides is 1. The lowest BCUT2D eigenvalue weighted by Gasteiger charge is -2.27. The Morgan fingerprint density at radius 2 is 0.517 bits per heavy atom. The van der Waals surface area contributed by atoms with Gasteiger partial charge in [0, 0.05) is 25.1 Å². The molecule has 0 aliphatic carbocycles. The molecule has 0 saturated carbocycles. The van der Waals surface area contributed by atoms with Gasteiger partial charge in [-0.3, -0.25) is 81.5 Å². The van der Waals surface area contributed by atoms with Gasteiger partial charge >= 0.3 is 0 Å². The molecular weight excluding hydrogens is 1580 g/mol. The van der Waals surface area contributed by atoms with Crippen LogP contribution >= 0.6 is 25.3 Å². The number of carbonyl (C=O) groups excluding carboxylic acids is 17. The lowest BCUT2D eigenvalue weighted by atomic mass is 10.0. The first kappa shape index (κ1) is 106. The van der Waals surface area contributed by atoms with Crippen molar-refractivity contribution in [2.24, 2.45) is 40.1 Å². The molecule has 1 aromatic carbocycles. The lowest BCUT2D eigenvalue weighted by molar-refractivity contribution is -0.136. The smallest absolute Gasteiger partial charge is 0.243 e. The highest BCUT2D eigenvalue weighted by Gasteiger charge is 2.36. The Morgan fingerprint density at radius 1 is 0.297 bits per heavy atom. The maximum absolute atomic E-state index is 14.1. The van der Waals surface area contributed by atoms with Gasteiger partial charge in [-0.25, -0.2) is 0 Å². The van der Waals surface area contributed by atoms with E-state index in [0.717, 1.165) is 0 Å². The first-order valence-corrected chi connectivity index (χ1v) is 41.5. The molecule has 0 fully saturated rings. The molecule has 0 radical (unpaired) electrons. The summed E-state index contributed by atoms with van der Waals surface area (Å²) >= 11 is 8.04. The Hall–Kier alpha value is -9.53. The fraction of sp³-hybridized carbons (Fsp3) is 0.693. The molecule has 1 aromatic rings. The Labute approximate surface area is 701 Å². The predicted octanol–water partition coefficient (Wildman–Crippen LogP) is -6.64. The van der Waals surface area contributed by atoms with Crippen LogP contribution in [0.15, 0.2) is 24.3 Å². The number of phenolic OH excluding ortho intramolecular Hbond substituents is 1. The number of carbonyl (C=O) groups is 17. The molecule has 15 atom stereocenters. The zero-order chi connectivity index (χ0) is 89.0. The first-order valence-electron chi connectivity index (χ1n) is 40.3. The summed E-state index contributed by atoms with van der Waals surface area (Å²) in [7, 11) is 0. The molecule has 41 nitrogen and oxygen atoms in total. The van der Waals surface area contributed by atoms with E-state index in [4.69, 9.17) is 40.1 Å². The molecular formula is C75H133N23O18S2. The summed E-state index contributed by atoms with van der Waals surface area (Å²) in [4.78, 5) is 230. The van der Waals surface area contributed by atoms with E-state index in [-0.39, 0.29) is 121 Å². The van der Waals surface area contributed by atoms with Crippen LogP contribution in [0.2, 0.25) is 0 Å². The number of unbranched alkanes of at least 4 members (excludes halogenated alkanes) is 6. The fourth-order valence-electron chi connectivity index (χ4n) is 11.5. The fourth-order valence-corrected chi connectivity index (χ4v) is 11.7. The van der Waals surface area contributed by atoms with Gasteiger partial charge in [-0.15, -0.1) is 0 Å². The van der Waals surface area contributed by atoms with E-state index in [1.165, 1.54) is 60.6 Å². The monoisotopic (exact) mass is 1710 g/mol. The van der Waals surface area contributed by atoms with Crippen LogP contribution in [-0.2, 0) is 87.9 Å². The van der Waals surface area contributed by atoms with Gasteiger partial charge in [0.2, 0.25) is 100 Å². The van der Waals surface area contributed by atoms with Gasteiger partial charge < -0.3 is 130 Å². The highest BCUT2D eigenvalue weighted by atomic mass is 32.1. The average Bonchev–Trinajstić information content (AvgIpc) is 0.872. The minimum absolute atomic E-state index is 0.00116. The van der Waals surface area contributed by atoms with Crippen LogP contribution in [0, 0.1) is 0 Å². The SMILES string of the molecule is C[C@@H](NC(=O)[C@H](CCCCN)NC(=O)[C@@H](C)NC(=O)[C@H](CCCCN)NC(=O)[C@@H](C)NC(=O)[C@H](CCCCN)NC(=O)[C@@H](C)NC(=O)[C@H](CCCCN)NC(=O)[C@@H](C)NC(=O)[C@H](CCCCN)NC(=O)[C@@H](C)NC(=O)[C@H](CCCCN)NC(=O)[C@@H](C)NC(=O)[C@H](Cc1ccc(O)cc1)NC(=O)CS)C(=O)N[C@@H](CCC(N)=O)C(=O)NCCS. The summed E-state index contributed by atoms with van der Waals surface area (Å²) in [5.41, 5.74) is 40.4. The molecule has 0 aliphatic heterocycles. The predicted molar refractivity (Wildman–Crippen MR) is 447 cm³/mol. The summed E-state index contributed by atoms with van der Waals surface area (Å²) in [5.74, 6) is -13.3. The number of nitrogens with two attached hydrogens (primary N) is 7. The van der Waals surface area contributed by atoms with Crippen molar-refractivity contribution in [1.82, 2.24) is 85.1 Å². The molecule has 43 heteroatoms. The highest BCUT2D eigenvalue weighted by Crippen LogP contribution is 2.15. The molecule has 31 N–H and O–H groups in total. The second-order valence-electron chi connectivity index (χ2n) is 28.9. The van der Waals surface area contributed by atoms with Crippen LogP contribution in [0.3, 0.4) is 0 Å². The van der Waals surface area contributed by atoms with Crippen molar-refractivity contribution in [3.05, 3.63) is 29.8 Å². The summed E-state index contributed by atoms with van der Waals surface area (Å²) in [6.07, 6.45) is 4.32. The summed E-state index contributed by atoms with van der Waals surface area (Å²) in [5, 5.41) is 50.9. The largest absolute Gasteiger partial charge is 0.508 e. The zero-order valence-corrected chi connectivity index (χ0v) is 70.8. The van der Waals surface area contributed by atoms with Crippen molar-refractivity contribution in [2.45, 2.75) is 274 Å². The number of thiol groups is 2. The van der Waals surface area contributed by atoms with E-state index < -0.39 is 191 Å². The maximum atomic E-state index is 14.1. The van der Waals surface area contributed by atoms with Gasteiger partial charge in [0.15, 0.2) is 0 Å². The van der Waals surface area contributed by atoms with Crippen molar-refractivity contribution in [1.29, 1.82) is 0 Å². The molecule has 0 aliphatic rings. The maximum Gasteiger partial charge on any atom is 0.243 e. The van der Waals surface area contributed by atoms with E-state index >= 15 is 0 Å². The second kappa shape index (κ2) is 60.0. The Morgan fingerprint density at radius 3 is 0.720 bits per heavy atom. The van der Waals surface area contributed by atoms with E-state index in [1.54, 1.807) is 12.1 Å². The number of nitrogens with one attached hydrogen (secondary N) is 16. The van der Waals surface area contributed by atoms with Crippen LogP contribution in [0.1, 0.15) is 182 Å². The molecule has 17 amide bonds. The minimum atomic E-state index is -1.37. The van der Waals surface area contributed by atoms with Gasteiger partial charge in [0.1, 0.15) is 96.4 Å². The Balaban J connectivity index is 3.27. The molecule has 0 bridgehead atoms. The molecule has 0 spiro atoms. The van der Waals surface area contributed by atoms with Crippen LogP contribution in [-0.4, -0.2) is 253 Å². The molecule has 0 aromatic heterocycles. The first-order chi connectivity index (χ1) is 55.9. The van der Waals surface area contributed by atoms with Crippen molar-refractivity contribution in [3.8, 4) is 5.75 Å². The van der Waals surface area contributed by atoms with E-state index in [1.807, 2.05) is 0 Å². The third-order valence-electron chi connectivity index (χ3n) is 18.6. The van der Waals surface area contributed by atoms with E-state index in [9.17, 15) is 86.6 Å². The average molecular weight is 1710 g/mol. The van der Waals surface area contributed by atoms with Gasteiger partial charge in [-0.1, -0.05) is 12.1 Å². The van der Waals surface area contributed by atoms with Gasteiger partial charge in [-0.2, -0.15) is 25.3 Å². The third kappa shape index (κ3) is 43.3. The topological polar surface area (TPSA) is 685 Å². The van der Waals surface area contributed by atoms with Crippen LogP contribution in [0.25, 0.3) is 0 Å². The summed E-state index contributed by atoms with van der Waals surface area (Å²) in [6.45, 7) is 10.9. The Kier molecular flexibility index (Phi) is 54.2. The molecule has 0 unspecified atom stereocenters. The molecule has 0 saturated heterocycles. The van der Waals surface area contributed by atoms with Crippen molar-refractivity contribution in [2.75, 3.05) is 57.3 Å². The highest BCUT2D eigenvalue weighted by molar-refractivity contribution is 7.81. The van der Waals surface area contributed by atoms with E-state index in [2.05, 4.69) is 110 Å². The van der Waals surface area contributed by atoms with Crippen molar-refractivity contribution >= 4 is 126 Å². The van der Waals surface area contributed by atoms with Gasteiger partial charge in [-0.05, 0) is 227 Å². The van der Waals surface area contributed by atoms with Crippen LogP contribution in [0.4, 0.5) is 0 Å². The number of rotatable bonds is 62. The molecule has 668 valence electrons. The molecule has 0 heterocycles. The van der Waals surface area contributed by atoms with Gasteiger partial charge in [0.05, 0.1) is 5.75 Å². The number of phenols is 1. The zero-order valence-electron chi connectivity index (χ0n) is 69.0. The quantitative estimate of drug-likeness (QED) is 0.0213. The molecule has 118 heavy (non-hydrogen) atoms. The van der Waals surface area contributed by atoms with Crippen molar-refractivity contribution in [3.63, 3.8) is 0 Å².